The van der Waals surface area contributed by atoms with E-state index in [1.165, 1.54) is 11.1 Å². The fraction of sp³-hybridized carbons (Fsp3) is 0.190. The molecule has 0 atom stereocenters. The molecule has 0 bridgehead atoms. The van der Waals surface area contributed by atoms with Crippen molar-refractivity contribution in [3.63, 3.8) is 0 Å². The SMILES string of the molecule is O=C(NCCc1ccc2c(c1)CCO2)c1ccc(-n2cccc2)cc1. The van der Waals surface area contributed by atoms with Crippen LogP contribution in [0.3, 0.4) is 0 Å². The van der Waals surface area contributed by atoms with Crippen molar-refractivity contribution >= 4 is 5.91 Å². The van der Waals surface area contributed by atoms with Crippen molar-refractivity contribution in [2.24, 2.45) is 0 Å². The second kappa shape index (κ2) is 6.85. The van der Waals surface area contributed by atoms with Crippen LogP contribution < -0.4 is 10.1 Å². The van der Waals surface area contributed by atoms with Gasteiger partial charge in [-0.15, -0.1) is 0 Å². The fourth-order valence-electron chi connectivity index (χ4n) is 3.11. The molecule has 0 aliphatic carbocycles. The van der Waals surface area contributed by atoms with E-state index in [4.69, 9.17) is 4.74 Å². The molecule has 2 heterocycles. The van der Waals surface area contributed by atoms with E-state index in [0.717, 1.165) is 30.9 Å². The van der Waals surface area contributed by atoms with Crippen molar-refractivity contribution < 1.29 is 9.53 Å². The molecule has 0 saturated carbocycles. The van der Waals surface area contributed by atoms with E-state index in [-0.39, 0.29) is 5.91 Å². The number of ether oxygens (including phenoxy) is 1. The first kappa shape index (κ1) is 15.5. The molecule has 25 heavy (non-hydrogen) atoms. The Hall–Kier alpha value is -3.01. The molecule has 1 aliphatic heterocycles. The average Bonchev–Trinajstić information content (AvgIpc) is 3.33. The van der Waals surface area contributed by atoms with Crippen LogP contribution in [-0.4, -0.2) is 23.6 Å². The highest BCUT2D eigenvalue weighted by Gasteiger charge is 2.12. The minimum Gasteiger partial charge on any atom is -0.493 e. The Morgan fingerprint density at radius 3 is 2.68 bits per heavy atom. The van der Waals surface area contributed by atoms with E-state index in [1.807, 2.05) is 59.4 Å². The molecule has 0 radical (unpaired) electrons. The Bertz CT molecular complexity index is 867. The van der Waals surface area contributed by atoms with Crippen LogP contribution in [0, 0.1) is 0 Å². The van der Waals surface area contributed by atoms with Gasteiger partial charge in [-0.1, -0.05) is 12.1 Å². The van der Waals surface area contributed by atoms with E-state index in [2.05, 4.69) is 17.4 Å². The van der Waals surface area contributed by atoms with E-state index in [1.54, 1.807) is 0 Å². The number of nitrogens with zero attached hydrogens (tertiary/aromatic N) is 1. The van der Waals surface area contributed by atoms with Crippen molar-refractivity contribution in [3.8, 4) is 11.4 Å². The largest absolute Gasteiger partial charge is 0.493 e. The Morgan fingerprint density at radius 2 is 1.88 bits per heavy atom. The zero-order valence-corrected chi connectivity index (χ0v) is 13.9. The van der Waals surface area contributed by atoms with Gasteiger partial charge in [0, 0.05) is 36.6 Å². The lowest BCUT2D eigenvalue weighted by molar-refractivity contribution is 0.0954. The summed E-state index contributed by atoms with van der Waals surface area (Å²) in [7, 11) is 0. The first-order chi connectivity index (χ1) is 12.3. The standard InChI is InChI=1S/C21H20N2O2/c24-21(17-4-6-19(7-5-17)23-12-1-2-13-23)22-11-9-16-3-8-20-18(15-16)10-14-25-20/h1-8,12-13,15H,9-11,14H2,(H,22,24). The minimum atomic E-state index is -0.0384. The third-order valence-corrected chi connectivity index (χ3v) is 4.49. The summed E-state index contributed by atoms with van der Waals surface area (Å²) in [5.74, 6) is 0.958. The minimum absolute atomic E-state index is 0.0384. The summed E-state index contributed by atoms with van der Waals surface area (Å²) in [5.41, 5.74) is 4.22. The molecular weight excluding hydrogens is 312 g/mol. The summed E-state index contributed by atoms with van der Waals surface area (Å²) in [5, 5.41) is 2.99. The van der Waals surface area contributed by atoms with Crippen LogP contribution in [0.2, 0.25) is 0 Å². The smallest absolute Gasteiger partial charge is 0.251 e. The number of carbonyl (C=O) groups is 1. The van der Waals surface area contributed by atoms with Gasteiger partial charge < -0.3 is 14.6 Å². The number of nitrogens with one attached hydrogen (secondary N) is 1. The summed E-state index contributed by atoms with van der Waals surface area (Å²) < 4.78 is 7.53. The van der Waals surface area contributed by atoms with Crippen LogP contribution in [0.25, 0.3) is 5.69 Å². The van der Waals surface area contributed by atoms with E-state index in [0.29, 0.717) is 12.1 Å². The molecule has 3 aromatic rings. The second-order valence-corrected chi connectivity index (χ2v) is 6.18. The molecule has 0 spiro atoms. The third-order valence-electron chi connectivity index (χ3n) is 4.49. The van der Waals surface area contributed by atoms with Gasteiger partial charge in [0.15, 0.2) is 0 Å². The quantitative estimate of drug-likeness (QED) is 0.778. The number of benzene rings is 2. The highest BCUT2D eigenvalue weighted by molar-refractivity contribution is 5.94. The highest BCUT2D eigenvalue weighted by Crippen LogP contribution is 2.25. The van der Waals surface area contributed by atoms with Crippen molar-refractivity contribution in [2.45, 2.75) is 12.8 Å². The maximum Gasteiger partial charge on any atom is 0.251 e. The van der Waals surface area contributed by atoms with Crippen molar-refractivity contribution in [3.05, 3.63) is 83.7 Å². The zero-order chi connectivity index (χ0) is 17.1. The number of amides is 1. The number of hydrogen-bond acceptors (Lipinski definition) is 2. The molecule has 0 saturated heterocycles. The summed E-state index contributed by atoms with van der Waals surface area (Å²) >= 11 is 0. The van der Waals surface area contributed by atoms with Gasteiger partial charge in [0.1, 0.15) is 5.75 Å². The zero-order valence-electron chi connectivity index (χ0n) is 13.9. The number of aromatic nitrogens is 1. The van der Waals surface area contributed by atoms with E-state index >= 15 is 0 Å². The summed E-state index contributed by atoms with van der Waals surface area (Å²) in [6.45, 7) is 1.40. The van der Waals surface area contributed by atoms with Gasteiger partial charge in [-0.2, -0.15) is 0 Å². The summed E-state index contributed by atoms with van der Waals surface area (Å²) in [4.78, 5) is 12.3. The molecule has 1 N–H and O–H groups in total. The number of fused-ring (bicyclic) bond motifs is 1. The first-order valence-corrected chi connectivity index (χ1v) is 8.56. The average molecular weight is 332 g/mol. The van der Waals surface area contributed by atoms with E-state index in [9.17, 15) is 4.79 Å². The lowest BCUT2D eigenvalue weighted by atomic mass is 10.1. The molecule has 126 valence electrons. The maximum absolute atomic E-state index is 12.3. The Balaban J connectivity index is 1.33. The van der Waals surface area contributed by atoms with Crippen molar-refractivity contribution in [1.29, 1.82) is 0 Å². The lowest BCUT2D eigenvalue weighted by Crippen LogP contribution is -2.25. The predicted octanol–water partition coefficient (Wildman–Crippen LogP) is 3.38. The van der Waals surface area contributed by atoms with Gasteiger partial charge in [-0.25, -0.2) is 0 Å². The topological polar surface area (TPSA) is 43.3 Å². The van der Waals surface area contributed by atoms with Crippen LogP contribution >= 0.6 is 0 Å². The fourth-order valence-corrected chi connectivity index (χ4v) is 3.11. The van der Waals surface area contributed by atoms with Gasteiger partial charge in [-0.05, 0) is 60.0 Å². The van der Waals surface area contributed by atoms with Gasteiger partial charge in [0.25, 0.3) is 5.91 Å². The molecule has 1 amide bonds. The number of rotatable bonds is 5. The van der Waals surface area contributed by atoms with Crippen LogP contribution in [0.15, 0.2) is 67.0 Å². The Kier molecular flexibility index (Phi) is 4.25. The number of hydrogen-bond donors (Lipinski definition) is 1. The third kappa shape index (κ3) is 3.43. The maximum atomic E-state index is 12.3. The van der Waals surface area contributed by atoms with Crippen molar-refractivity contribution in [2.75, 3.05) is 13.2 Å². The molecule has 4 nitrogen and oxygen atoms in total. The summed E-state index contributed by atoms with van der Waals surface area (Å²) in [6.07, 6.45) is 5.76. The molecule has 0 unspecified atom stereocenters. The van der Waals surface area contributed by atoms with Crippen LogP contribution in [0.1, 0.15) is 21.5 Å². The lowest BCUT2D eigenvalue weighted by Gasteiger charge is -2.08. The molecule has 1 aliphatic rings. The normalized spacial score (nSPS) is 12.5. The van der Waals surface area contributed by atoms with Crippen LogP contribution in [0.4, 0.5) is 0 Å². The monoisotopic (exact) mass is 332 g/mol. The van der Waals surface area contributed by atoms with Gasteiger partial charge >= 0.3 is 0 Å². The molecule has 4 rings (SSSR count). The molecule has 2 aromatic carbocycles. The molecule has 1 aromatic heterocycles. The first-order valence-electron chi connectivity index (χ1n) is 8.56. The molecule has 4 heteroatoms. The Morgan fingerprint density at radius 1 is 1.08 bits per heavy atom. The Labute approximate surface area is 147 Å². The van der Waals surface area contributed by atoms with E-state index < -0.39 is 0 Å². The predicted molar refractivity (Wildman–Crippen MR) is 97.4 cm³/mol. The van der Waals surface area contributed by atoms with Crippen LogP contribution in [-0.2, 0) is 12.8 Å². The molecule has 0 fully saturated rings. The van der Waals surface area contributed by atoms with Gasteiger partial charge in [0.2, 0.25) is 0 Å². The van der Waals surface area contributed by atoms with Crippen molar-refractivity contribution in [1.82, 2.24) is 9.88 Å². The van der Waals surface area contributed by atoms with Gasteiger partial charge in [0.05, 0.1) is 6.61 Å². The molecular formula is C21H20N2O2. The van der Waals surface area contributed by atoms with Crippen LogP contribution in [0.5, 0.6) is 5.75 Å². The highest BCUT2D eigenvalue weighted by atomic mass is 16.5. The number of carbonyl (C=O) groups excluding carboxylic acids is 1. The van der Waals surface area contributed by atoms with Gasteiger partial charge in [-0.3, -0.25) is 4.79 Å². The second-order valence-electron chi connectivity index (χ2n) is 6.18. The summed E-state index contributed by atoms with van der Waals surface area (Å²) in [6, 6.07) is 17.9.